The number of hydrogen-bond acceptors (Lipinski definition) is 3. The summed E-state index contributed by atoms with van der Waals surface area (Å²) < 4.78 is 22.8. The molecule has 23 heavy (non-hydrogen) atoms. The monoisotopic (exact) mass is 337 g/mol. The summed E-state index contributed by atoms with van der Waals surface area (Å²) in [6.45, 7) is 7.01. The molecule has 4 nitrogen and oxygen atoms in total. The summed E-state index contributed by atoms with van der Waals surface area (Å²) >= 11 is 0. The first-order chi connectivity index (χ1) is 10.7. The van der Waals surface area contributed by atoms with Crippen molar-refractivity contribution in [2.75, 3.05) is 18.1 Å². The number of sulfone groups is 1. The molecule has 1 aromatic carbocycles. The summed E-state index contributed by atoms with van der Waals surface area (Å²) in [6.07, 6.45) is 1.81. The predicted molar refractivity (Wildman–Crippen MR) is 93.2 cm³/mol. The van der Waals surface area contributed by atoms with Crippen molar-refractivity contribution in [3.63, 3.8) is 0 Å². The van der Waals surface area contributed by atoms with E-state index in [0.717, 1.165) is 5.56 Å². The van der Waals surface area contributed by atoms with Crippen LogP contribution in [0.2, 0.25) is 0 Å². The van der Waals surface area contributed by atoms with E-state index in [1.54, 1.807) is 0 Å². The summed E-state index contributed by atoms with van der Waals surface area (Å²) in [4.78, 5) is 11.9. The summed E-state index contributed by atoms with van der Waals surface area (Å²) in [5, 5.41) is 2.86. The fourth-order valence-electron chi connectivity index (χ4n) is 2.81. The Hall–Kier alpha value is -1.36. The lowest BCUT2D eigenvalue weighted by atomic mass is 9.86. The van der Waals surface area contributed by atoms with Crippen LogP contribution >= 0.6 is 0 Å². The molecule has 0 spiro atoms. The van der Waals surface area contributed by atoms with Crippen LogP contribution < -0.4 is 5.32 Å². The first kappa shape index (κ1) is 18.0. The SMILES string of the molecule is CC(C)(C)c1ccc(CCC(=O)NCC2CCS(=O)(=O)C2)cc1. The highest BCUT2D eigenvalue weighted by Crippen LogP contribution is 2.22. The molecule has 1 aliphatic heterocycles. The third kappa shape index (κ3) is 5.65. The average Bonchev–Trinajstić information content (AvgIpc) is 2.82. The highest BCUT2D eigenvalue weighted by atomic mass is 32.2. The minimum atomic E-state index is -2.87. The summed E-state index contributed by atoms with van der Waals surface area (Å²) in [6, 6.07) is 8.40. The normalized spacial score (nSPS) is 20.4. The number of amides is 1. The minimum absolute atomic E-state index is 0.00537. The van der Waals surface area contributed by atoms with Crippen LogP contribution in [0, 0.1) is 5.92 Å². The van der Waals surface area contributed by atoms with E-state index in [9.17, 15) is 13.2 Å². The lowest BCUT2D eigenvalue weighted by molar-refractivity contribution is -0.121. The van der Waals surface area contributed by atoms with Crippen molar-refractivity contribution >= 4 is 15.7 Å². The van der Waals surface area contributed by atoms with Crippen molar-refractivity contribution in [3.8, 4) is 0 Å². The van der Waals surface area contributed by atoms with Gasteiger partial charge >= 0.3 is 0 Å². The smallest absolute Gasteiger partial charge is 0.220 e. The van der Waals surface area contributed by atoms with Gasteiger partial charge in [-0.15, -0.1) is 0 Å². The molecule has 1 unspecified atom stereocenters. The molecule has 2 rings (SSSR count). The Morgan fingerprint density at radius 3 is 2.39 bits per heavy atom. The Labute approximate surface area is 139 Å². The molecule has 0 bridgehead atoms. The number of hydrogen-bond donors (Lipinski definition) is 1. The summed E-state index contributed by atoms with van der Waals surface area (Å²) in [7, 11) is -2.87. The zero-order valence-corrected chi connectivity index (χ0v) is 15.1. The van der Waals surface area contributed by atoms with Crippen LogP contribution in [0.3, 0.4) is 0 Å². The van der Waals surface area contributed by atoms with Crippen molar-refractivity contribution in [3.05, 3.63) is 35.4 Å². The second-order valence-corrected chi connectivity index (χ2v) is 9.75. The quantitative estimate of drug-likeness (QED) is 0.898. The molecule has 1 amide bonds. The first-order valence-electron chi connectivity index (χ1n) is 8.22. The van der Waals surface area contributed by atoms with Crippen LogP contribution in [-0.2, 0) is 26.5 Å². The van der Waals surface area contributed by atoms with Gasteiger partial charge in [-0.3, -0.25) is 4.79 Å². The Morgan fingerprint density at radius 1 is 1.22 bits per heavy atom. The molecule has 0 aliphatic carbocycles. The van der Waals surface area contributed by atoms with Gasteiger partial charge in [0.15, 0.2) is 9.84 Å². The zero-order chi connectivity index (χ0) is 17.1. The maximum atomic E-state index is 11.9. The molecule has 0 radical (unpaired) electrons. The molecule has 0 aromatic heterocycles. The highest BCUT2D eigenvalue weighted by Gasteiger charge is 2.27. The Morgan fingerprint density at radius 2 is 1.87 bits per heavy atom. The van der Waals surface area contributed by atoms with Gasteiger partial charge < -0.3 is 5.32 Å². The van der Waals surface area contributed by atoms with Crippen LogP contribution in [0.1, 0.15) is 44.7 Å². The van der Waals surface area contributed by atoms with Gasteiger partial charge in [0.25, 0.3) is 0 Å². The van der Waals surface area contributed by atoms with Crippen LogP contribution in [0.15, 0.2) is 24.3 Å². The molecular weight excluding hydrogens is 310 g/mol. The van der Waals surface area contributed by atoms with E-state index in [1.165, 1.54) is 5.56 Å². The van der Waals surface area contributed by atoms with Crippen LogP contribution in [0.4, 0.5) is 0 Å². The molecule has 1 fully saturated rings. The number of rotatable bonds is 5. The Balaban J connectivity index is 1.74. The zero-order valence-electron chi connectivity index (χ0n) is 14.3. The topological polar surface area (TPSA) is 63.2 Å². The third-order valence-electron chi connectivity index (χ3n) is 4.38. The predicted octanol–water partition coefficient (Wildman–Crippen LogP) is 2.47. The molecular formula is C18H27NO3S. The van der Waals surface area contributed by atoms with Crippen molar-refractivity contribution < 1.29 is 13.2 Å². The van der Waals surface area contributed by atoms with E-state index in [2.05, 4.69) is 50.4 Å². The summed E-state index contributed by atoms with van der Waals surface area (Å²) in [5.74, 6) is 0.541. The van der Waals surface area contributed by atoms with Gasteiger partial charge in [-0.05, 0) is 35.3 Å². The number of nitrogens with one attached hydrogen (secondary N) is 1. The van der Waals surface area contributed by atoms with Gasteiger partial charge in [-0.1, -0.05) is 45.0 Å². The van der Waals surface area contributed by atoms with Crippen molar-refractivity contribution in [1.82, 2.24) is 5.32 Å². The Kier molecular flexibility index (Phi) is 5.50. The highest BCUT2D eigenvalue weighted by molar-refractivity contribution is 7.91. The van der Waals surface area contributed by atoms with Gasteiger partial charge in [0.2, 0.25) is 5.91 Å². The molecule has 0 saturated carbocycles. The fourth-order valence-corrected chi connectivity index (χ4v) is 4.67. The summed E-state index contributed by atoms with van der Waals surface area (Å²) in [5.41, 5.74) is 2.57. The number of aryl methyl sites for hydroxylation is 1. The van der Waals surface area contributed by atoms with E-state index in [4.69, 9.17) is 0 Å². The van der Waals surface area contributed by atoms with Crippen LogP contribution in [0.25, 0.3) is 0 Å². The van der Waals surface area contributed by atoms with Crippen molar-refractivity contribution in [1.29, 1.82) is 0 Å². The van der Waals surface area contributed by atoms with E-state index in [1.807, 2.05) is 0 Å². The maximum absolute atomic E-state index is 11.9. The van der Waals surface area contributed by atoms with Gasteiger partial charge in [-0.25, -0.2) is 8.42 Å². The van der Waals surface area contributed by atoms with E-state index >= 15 is 0 Å². The lowest BCUT2D eigenvalue weighted by Crippen LogP contribution is -2.29. The van der Waals surface area contributed by atoms with Crippen molar-refractivity contribution in [2.45, 2.75) is 45.4 Å². The second kappa shape index (κ2) is 7.04. The van der Waals surface area contributed by atoms with Gasteiger partial charge in [0.05, 0.1) is 11.5 Å². The average molecular weight is 337 g/mol. The van der Waals surface area contributed by atoms with Gasteiger partial charge in [0.1, 0.15) is 0 Å². The van der Waals surface area contributed by atoms with Gasteiger partial charge in [0, 0.05) is 13.0 Å². The van der Waals surface area contributed by atoms with Crippen LogP contribution in [0.5, 0.6) is 0 Å². The van der Waals surface area contributed by atoms with E-state index in [-0.39, 0.29) is 28.7 Å². The molecule has 1 atom stereocenters. The van der Waals surface area contributed by atoms with Crippen molar-refractivity contribution in [2.24, 2.45) is 5.92 Å². The third-order valence-corrected chi connectivity index (χ3v) is 6.21. The molecule has 128 valence electrons. The lowest BCUT2D eigenvalue weighted by Gasteiger charge is -2.19. The van der Waals surface area contributed by atoms with E-state index < -0.39 is 9.84 Å². The molecule has 1 N–H and O–H groups in total. The molecule has 1 aromatic rings. The van der Waals surface area contributed by atoms with E-state index in [0.29, 0.717) is 25.8 Å². The van der Waals surface area contributed by atoms with Gasteiger partial charge in [-0.2, -0.15) is 0 Å². The van der Waals surface area contributed by atoms with Crippen LogP contribution in [-0.4, -0.2) is 32.4 Å². The Bertz CT molecular complexity index is 642. The number of benzene rings is 1. The second-order valence-electron chi connectivity index (χ2n) is 7.52. The maximum Gasteiger partial charge on any atom is 0.220 e. The first-order valence-corrected chi connectivity index (χ1v) is 10.0. The number of carbonyl (C=O) groups excluding carboxylic acids is 1. The molecule has 1 saturated heterocycles. The molecule has 1 aliphatic rings. The molecule has 5 heteroatoms. The largest absolute Gasteiger partial charge is 0.356 e. The molecule has 1 heterocycles. The standard InChI is InChI=1S/C18H27NO3S/c1-18(2,3)16-7-4-14(5-8-16)6-9-17(20)19-12-15-10-11-23(21,22)13-15/h4-5,7-8,15H,6,9-13H2,1-3H3,(H,19,20). The fraction of sp³-hybridized carbons (Fsp3) is 0.611. The minimum Gasteiger partial charge on any atom is -0.356 e. The number of carbonyl (C=O) groups is 1.